The van der Waals surface area contributed by atoms with Gasteiger partial charge in [-0.15, -0.1) is 0 Å². The molecule has 1 aliphatic heterocycles. The third-order valence-corrected chi connectivity index (χ3v) is 4.47. The van der Waals surface area contributed by atoms with Crippen molar-refractivity contribution in [3.8, 4) is 11.1 Å². The van der Waals surface area contributed by atoms with Crippen molar-refractivity contribution in [2.75, 3.05) is 44.7 Å². The minimum Gasteiger partial charge on any atom is -0.439 e. The number of amides is 2. The first kappa shape index (κ1) is 17.8. The van der Waals surface area contributed by atoms with E-state index in [0.29, 0.717) is 13.1 Å². The van der Waals surface area contributed by atoms with Crippen molar-refractivity contribution < 1.29 is 14.3 Å². The molecule has 1 saturated heterocycles. The van der Waals surface area contributed by atoms with Gasteiger partial charge in [0.1, 0.15) is 0 Å². The smallest absolute Gasteiger partial charge is 0.410 e. The highest BCUT2D eigenvalue weighted by molar-refractivity contribution is 5.80. The number of nitrogens with one attached hydrogen (secondary N) is 1. The lowest BCUT2D eigenvalue weighted by Crippen LogP contribution is -2.49. The van der Waals surface area contributed by atoms with E-state index in [1.807, 2.05) is 30.3 Å². The quantitative estimate of drug-likeness (QED) is 0.917. The second kappa shape index (κ2) is 8.38. The zero-order valence-corrected chi connectivity index (χ0v) is 14.9. The van der Waals surface area contributed by atoms with Crippen molar-refractivity contribution in [2.24, 2.45) is 0 Å². The molecule has 0 aliphatic carbocycles. The molecular formula is C20H23N3O3. The Hall–Kier alpha value is -3.02. The van der Waals surface area contributed by atoms with Gasteiger partial charge in [-0.25, -0.2) is 4.79 Å². The van der Waals surface area contributed by atoms with Crippen molar-refractivity contribution in [2.45, 2.75) is 0 Å². The number of para-hydroxylation sites is 1. The highest BCUT2D eigenvalue weighted by Crippen LogP contribution is 2.31. The fourth-order valence-electron chi connectivity index (χ4n) is 3.03. The highest BCUT2D eigenvalue weighted by atomic mass is 16.6. The van der Waals surface area contributed by atoms with Crippen molar-refractivity contribution in [3.05, 3.63) is 54.6 Å². The minimum atomic E-state index is -0.440. The molecule has 2 aromatic rings. The molecule has 1 N–H and O–H groups in total. The Morgan fingerprint density at radius 3 is 2.31 bits per heavy atom. The van der Waals surface area contributed by atoms with Crippen LogP contribution in [0.5, 0.6) is 0 Å². The van der Waals surface area contributed by atoms with E-state index in [2.05, 4.69) is 34.5 Å². The normalized spacial score (nSPS) is 14.0. The Bertz CT molecular complexity index is 756. The summed E-state index contributed by atoms with van der Waals surface area (Å²) in [6.45, 7) is 2.33. The van der Waals surface area contributed by atoms with Crippen LogP contribution in [-0.4, -0.2) is 56.7 Å². The summed E-state index contributed by atoms with van der Waals surface area (Å²) in [5.74, 6) is -0.311. The molecule has 0 unspecified atom stereocenters. The highest BCUT2D eigenvalue weighted by Gasteiger charge is 2.24. The van der Waals surface area contributed by atoms with Gasteiger partial charge in [0.25, 0.3) is 5.91 Å². The van der Waals surface area contributed by atoms with Crippen molar-refractivity contribution >= 4 is 17.7 Å². The molecule has 6 nitrogen and oxygen atoms in total. The predicted octanol–water partition coefficient (Wildman–Crippen LogP) is 2.36. The van der Waals surface area contributed by atoms with E-state index in [9.17, 15) is 9.59 Å². The molecule has 0 saturated carbocycles. The number of hydrogen-bond acceptors (Lipinski definition) is 4. The average Bonchev–Trinajstić information content (AvgIpc) is 2.72. The molecule has 136 valence electrons. The Kier molecular flexibility index (Phi) is 5.73. The number of nitrogens with zero attached hydrogens (tertiary/aromatic N) is 2. The number of likely N-dealkylation sites (N-methyl/N-ethyl adjacent to an activating group) is 1. The molecule has 0 atom stereocenters. The third kappa shape index (κ3) is 4.14. The van der Waals surface area contributed by atoms with E-state index in [0.717, 1.165) is 18.8 Å². The summed E-state index contributed by atoms with van der Waals surface area (Å²) in [6, 6.07) is 18.6. The maximum absolute atomic E-state index is 12.1. The Morgan fingerprint density at radius 1 is 0.962 bits per heavy atom. The van der Waals surface area contributed by atoms with Gasteiger partial charge in [-0.1, -0.05) is 48.5 Å². The Labute approximate surface area is 153 Å². The first-order valence-corrected chi connectivity index (χ1v) is 8.70. The summed E-state index contributed by atoms with van der Waals surface area (Å²) in [5, 5.41) is 2.43. The molecule has 6 heteroatoms. The topological polar surface area (TPSA) is 61.9 Å². The van der Waals surface area contributed by atoms with Crippen LogP contribution in [0, 0.1) is 0 Å². The number of benzene rings is 2. The number of ether oxygens (including phenoxy) is 1. The molecule has 1 heterocycles. The fourth-order valence-corrected chi connectivity index (χ4v) is 3.03. The summed E-state index contributed by atoms with van der Waals surface area (Å²) in [7, 11) is 1.51. The summed E-state index contributed by atoms with van der Waals surface area (Å²) < 4.78 is 5.02. The van der Waals surface area contributed by atoms with E-state index in [1.165, 1.54) is 18.2 Å². The molecular weight excluding hydrogens is 330 g/mol. The fraction of sp³-hybridized carbons (Fsp3) is 0.300. The molecule has 26 heavy (non-hydrogen) atoms. The summed E-state index contributed by atoms with van der Waals surface area (Å²) in [5.41, 5.74) is 3.52. The van der Waals surface area contributed by atoms with Gasteiger partial charge in [0.15, 0.2) is 6.61 Å². The third-order valence-electron chi connectivity index (χ3n) is 4.47. The van der Waals surface area contributed by atoms with Gasteiger partial charge in [0, 0.05) is 44.5 Å². The second-order valence-electron chi connectivity index (χ2n) is 6.09. The SMILES string of the molecule is CNC(=O)COC(=O)N1CCN(c2ccccc2-c2ccccc2)CC1. The average molecular weight is 353 g/mol. The zero-order valence-electron chi connectivity index (χ0n) is 14.9. The second-order valence-corrected chi connectivity index (χ2v) is 6.09. The van der Waals surface area contributed by atoms with Crippen LogP contribution in [0.3, 0.4) is 0 Å². The first-order valence-electron chi connectivity index (χ1n) is 8.70. The molecule has 0 bridgehead atoms. The van der Waals surface area contributed by atoms with Crippen LogP contribution in [0.1, 0.15) is 0 Å². The van der Waals surface area contributed by atoms with E-state index in [-0.39, 0.29) is 12.5 Å². The van der Waals surface area contributed by atoms with Gasteiger partial charge in [0.05, 0.1) is 0 Å². The molecule has 2 amide bonds. The molecule has 0 spiro atoms. The lowest BCUT2D eigenvalue weighted by molar-refractivity contribution is -0.123. The van der Waals surface area contributed by atoms with Crippen molar-refractivity contribution in [3.63, 3.8) is 0 Å². The molecule has 2 aromatic carbocycles. The minimum absolute atomic E-state index is 0.244. The van der Waals surface area contributed by atoms with Gasteiger partial charge in [-0.05, 0) is 11.6 Å². The van der Waals surface area contributed by atoms with E-state index in [1.54, 1.807) is 4.90 Å². The van der Waals surface area contributed by atoms with E-state index >= 15 is 0 Å². The maximum Gasteiger partial charge on any atom is 0.410 e. The van der Waals surface area contributed by atoms with Crippen LogP contribution in [0.15, 0.2) is 54.6 Å². The maximum atomic E-state index is 12.1. The Morgan fingerprint density at radius 2 is 1.62 bits per heavy atom. The largest absolute Gasteiger partial charge is 0.439 e. The first-order chi connectivity index (χ1) is 12.7. The van der Waals surface area contributed by atoms with Gasteiger partial charge in [-0.2, -0.15) is 0 Å². The molecule has 0 aromatic heterocycles. The van der Waals surface area contributed by atoms with Crippen LogP contribution < -0.4 is 10.2 Å². The molecule has 1 aliphatic rings. The zero-order chi connectivity index (χ0) is 18.4. The summed E-state index contributed by atoms with van der Waals surface area (Å²) in [4.78, 5) is 27.2. The van der Waals surface area contributed by atoms with Gasteiger partial charge in [0.2, 0.25) is 0 Å². The number of carbonyl (C=O) groups is 2. The molecule has 3 rings (SSSR count). The standard InChI is InChI=1S/C20H23N3O3/c1-21-19(24)15-26-20(25)23-13-11-22(12-14-23)18-10-6-5-9-17(18)16-7-3-2-4-8-16/h2-10H,11-15H2,1H3,(H,21,24). The van der Waals surface area contributed by atoms with E-state index < -0.39 is 6.09 Å². The Balaban J connectivity index is 1.64. The number of anilines is 1. The van der Waals surface area contributed by atoms with Crippen LogP contribution in [-0.2, 0) is 9.53 Å². The monoisotopic (exact) mass is 353 g/mol. The summed E-state index contributed by atoms with van der Waals surface area (Å²) >= 11 is 0. The van der Waals surface area contributed by atoms with Gasteiger partial charge < -0.3 is 19.9 Å². The van der Waals surface area contributed by atoms with Crippen LogP contribution in [0.4, 0.5) is 10.5 Å². The number of piperazine rings is 1. The van der Waals surface area contributed by atoms with Gasteiger partial charge in [-0.3, -0.25) is 4.79 Å². The lowest BCUT2D eigenvalue weighted by Gasteiger charge is -2.36. The molecule has 1 fully saturated rings. The number of hydrogen-bond donors (Lipinski definition) is 1. The predicted molar refractivity (Wildman–Crippen MR) is 101 cm³/mol. The van der Waals surface area contributed by atoms with Crippen molar-refractivity contribution in [1.29, 1.82) is 0 Å². The van der Waals surface area contributed by atoms with Crippen molar-refractivity contribution in [1.82, 2.24) is 10.2 Å². The van der Waals surface area contributed by atoms with Crippen LogP contribution in [0.25, 0.3) is 11.1 Å². The van der Waals surface area contributed by atoms with E-state index in [4.69, 9.17) is 4.74 Å². The van der Waals surface area contributed by atoms with Gasteiger partial charge >= 0.3 is 6.09 Å². The number of rotatable bonds is 4. The lowest BCUT2D eigenvalue weighted by atomic mass is 10.0. The number of carbonyl (C=O) groups excluding carboxylic acids is 2. The summed E-state index contributed by atoms with van der Waals surface area (Å²) in [6.07, 6.45) is -0.440. The molecule has 0 radical (unpaired) electrons. The van der Waals surface area contributed by atoms with Crippen LogP contribution in [0.2, 0.25) is 0 Å². The van der Waals surface area contributed by atoms with Crippen LogP contribution >= 0.6 is 0 Å².